The molecular weight excluding hydrogens is 322 g/mol. The number of carbonyl (C=O) groups is 1. The molecule has 0 atom stereocenters. The standard InChI is InChI=1S/C5H5F2O2.HI.Zn/c1-2-9-5(8)4(7)3-6;;/h2H2,1H3;1H;/q-1;;+2/p-1. The van der Waals surface area contributed by atoms with E-state index in [1.165, 1.54) is 21.7 Å². The Kier molecular flexibility index (Phi) is 13.2. The van der Waals surface area contributed by atoms with Gasteiger partial charge in [0.15, 0.2) is 0 Å². The van der Waals surface area contributed by atoms with E-state index >= 15 is 0 Å². The van der Waals surface area contributed by atoms with Gasteiger partial charge in [0.2, 0.25) is 5.97 Å². The molecule has 0 aromatic heterocycles. The number of rotatable bonds is 2. The summed E-state index contributed by atoms with van der Waals surface area (Å²) in [7, 11) is 0. The predicted molar refractivity (Wildman–Crippen MR) is 39.6 cm³/mol. The maximum atomic E-state index is 11.7. The van der Waals surface area contributed by atoms with Crippen molar-refractivity contribution in [1.29, 1.82) is 0 Å². The second-order valence-electron chi connectivity index (χ2n) is 1.13. The SMILES string of the molecule is CCOC(=O)C(F)=[C-]F.[Zn+][I]. The van der Waals surface area contributed by atoms with Gasteiger partial charge in [0.1, 0.15) is 0 Å². The van der Waals surface area contributed by atoms with Crippen molar-refractivity contribution in [3.05, 3.63) is 12.2 Å². The van der Waals surface area contributed by atoms with Crippen LogP contribution in [-0.2, 0) is 24.3 Å². The molecule has 0 saturated heterocycles. The molecule has 0 heterocycles. The molecule has 11 heavy (non-hydrogen) atoms. The van der Waals surface area contributed by atoms with Crippen LogP contribution in [0.4, 0.5) is 8.78 Å². The van der Waals surface area contributed by atoms with E-state index in [0.717, 1.165) is 0 Å². The first-order chi connectivity index (χ1) is 5.22. The molecule has 0 aliphatic rings. The topological polar surface area (TPSA) is 26.3 Å². The quantitative estimate of drug-likeness (QED) is 0.255. The Balaban J connectivity index is 0. The van der Waals surface area contributed by atoms with Gasteiger partial charge in [0.25, 0.3) is 0 Å². The average molecular weight is 327 g/mol. The minimum absolute atomic E-state index is 0.0218. The molecule has 0 unspecified atom stereocenters. The first-order valence-electron chi connectivity index (χ1n) is 2.55. The van der Waals surface area contributed by atoms with Gasteiger partial charge >= 0.3 is 34.5 Å². The van der Waals surface area contributed by atoms with Gasteiger partial charge in [-0.2, -0.15) is 0 Å². The molecule has 2 nitrogen and oxygen atoms in total. The van der Waals surface area contributed by atoms with Crippen molar-refractivity contribution >= 4 is 25.7 Å². The monoisotopic (exact) mass is 326 g/mol. The van der Waals surface area contributed by atoms with Crippen LogP contribution in [0, 0.1) is 6.33 Å². The fraction of sp³-hybridized carbons (Fsp3) is 0.400. The van der Waals surface area contributed by atoms with Crippen LogP contribution in [-0.4, -0.2) is 12.6 Å². The van der Waals surface area contributed by atoms with Crippen molar-refractivity contribution in [3.63, 3.8) is 0 Å². The molecule has 6 heteroatoms. The second-order valence-corrected chi connectivity index (χ2v) is 1.13. The Morgan fingerprint density at radius 1 is 1.73 bits per heavy atom. The van der Waals surface area contributed by atoms with Crippen LogP contribution in [0.25, 0.3) is 0 Å². The molecule has 60 valence electrons. The zero-order valence-corrected chi connectivity index (χ0v) is 11.0. The van der Waals surface area contributed by atoms with Crippen molar-refractivity contribution < 1.29 is 33.1 Å². The van der Waals surface area contributed by atoms with E-state index in [2.05, 4.69) is 24.5 Å². The molecule has 0 N–H and O–H groups in total. The van der Waals surface area contributed by atoms with Crippen LogP contribution in [0.1, 0.15) is 6.92 Å². The van der Waals surface area contributed by atoms with E-state index in [0.29, 0.717) is 6.33 Å². The van der Waals surface area contributed by atoms with Crippen LogP contribution >= 0.6 is 19.8 Å². The summed E-state index contributed by atoms with van der Waals surface area (Å²) >= 11 is 3.62. The van der Waals surface area contributed by atoms with E-state index in [9.17, 15) is 13.6 Å². The van der Waals surface area contributed by atoms with Crippen LogP contribution in [0.15, 0.2) is 5.83 Å². The Morgan fingerprint density at radius 2 is 2.18 bits per heavy atom. The first kappa shape index (κ1) is 14.0. The van der Waals surface area contributed by atoms with Gasteiger partial charge in [0, 0.05) is 0 Å². The third-order valence-corrected chi connectivity index (χ3v) is 0.538. The van der Waals surface area contributed by atoms with Gasteiger partial charge in [-0.25, -0.2) is 4.39 Å². The van der Waals surface area contributed by atoms with E-state index in [-0.39, 0.29) is 6.61 Å². The fourth-order valence-corrected chi connectivity index (χ4v) is 0.233. The summed E-state index contributed by atoms with van der Waals surface area (Å²) in [5.74, 6) is -2.95. The molecule has 0 rings (SSSR count). The Morgan fingerprint density at radius 3 is 2.45 bits per heavy atom. The Labute approximate surface area is 84.2 Å². The van der Waals surface area contributed by atoms with Crippen molar-refractivity contribution in [2.45, 2.75) is 6.92 Å². The minimum atomic E-state index is -1.63. The number of ether oxygens (including phenoxy) is 1. The maximum absolute atomic E-state index is 11.7. The van der Waals surface area contributed by atoms with E-state index in [1.807, 2.05) is 0 Å². The van der Waals surface area contributed by atoms with E-state index in [4.69, 9.17) is 0 Å². The fourth-order valence-electron chi connectivity index (χ4n) is 0.233. The van der Waals surface area contributed by atoms with Crippen LogP contribution < -0.4 is 0 Å². The van der Waals surface area contributed by atoms with Crippen LogP contribution in [0.2, 0.25) is 0 Å². The molecule has 0 saturated carbocycles. The molecule has 0 aliphatic heterocycles. The molecule has 0 spiro atoms. The molecule has 0 aromatic carbocycles. The Hall–Kier alpha value is 0.423. The third kappa shape index (κ3) is 8.33. The second kappa shape index (κ2) is 10.4. The van der Waals surface area contributed by atoms with Gasteiger partial charge in [-0.05, 0) is 13.3 Å². The molecular formula is C5H5F2IO2Zn. The summed E-state index contributed by atoms with van der Waals surface area (Å²) in [5.41, 5.74) is 0. The summed E-state index contributed by atoms with van der Waals surface area (Å²) in [4.78, 5) is 10.0. The number of carbonyl (C=O) groups excluding carboxylic acids is 1. The first-order valence-corrected chi connectivity index (χ1v) is 11.6. The average Bonchev–Trinajstić information content (AvgIpc) is 2.07. The van der Waals surface area contributed by atoms with Crippen molar-refractivity contribution in [2.24, 2.45) is 0 Å². The van der Waals surface area contributed by atoms with E-state index in [1.54, 1.807) is 0 Å². The van der Waals surface area contributed by atoms with Gasteiger partial charge < -0.3 is 13.9 Å². The van der Waals surface area contributed by atoms with Crippen molar-refractivity contribution in [3.8, 4) is 0 Å². The van der Waals surface area contributed by atoms with Crippen LogP contribution in [0.3, 0.4) is 0 Å². The zero-order chi connectivity index (χ0) is 9.28. The molecule has 0 amide bonds. The summed E-state index contributed by atoms with van der Waals surface area (Å²) in [5, 5.41) is 0. The summed E-state index contributed by atoms with van der Waals surface area (Å²) in [6.07, 6.45) is 0.525. The van der Waals surface area contributed by atoms with E-state index < -0.39 is 11.8 Å². The van der Waals surface area contributed by atoms with Gasteiger partial charge in [-0.15, -0.1) is 0 Å². The van der Waals surface area contributed by atoms with Crippen molar-refractivity contribution in [2.75, 3.05) is 6.61 Å². The molecule has 0 bridgehead atoms. The van der Waals surface area contributed by atoms with Crippen molar-refractivity contribution in [1.82, 2.24) is 0 Å². The molecule has 0 fully saturated rings. The summed E-state index contributed by atoms with van der Waals surface area (Å²) in [6.45, 7) is 1.51. The zero-order valence-electron chi connectivity index (χ0n) is 5.86. The number of hydrogen-bond donors (Lipinski definition) is 0. The number of hydrogen-bond acceptors (Lipinski definition) is 2. The molecule has 0 aliphatic carbocycles. The third-order valence-electron chi connectivity index (χ3n) is 0.538. The Bertz CT molecular complexity index is 140. The summed E-state index contributed by atoms with van der Waals surface area (Å²) in [6, 6.07) is 0. The normalized spacial score (nSPS) is 9.82. The van der Waals surface area contributed by atoms with Gasteiger partial charge in [0.05, 0.1) is 12.4 Å². The summed E-state index contributed by atoms with van der Waals surface area (Å²) < 4.78 is 26.7. The van der Waals surface area contributed by atoms with Gasteiger partial charge in [-0.1, -0.05) is 0 Å². The predicted octanol–water partition coefficient (Wildman–Crippen LogP) is 2.02. The van der Waals surface area contributed by atoms with Gasteiger partial charge in [-0.3, -0.25) is 0 Å². The number of halogens is 3. The number of esters is 1. The molecule has 0 radical (unpaired) electrons. The van der Waals surface area contributed by atoms with Crippen LogP contribution in [0.5, 0.6) is 0 Å². The molecule has 0 aromatic rings.